The third kappa shape index (κ3) is 6.22. The molecule has 1 aromatic carbocycles. The summed E-state index contributed by atoms with van der Waals surface area (Å²) >= 11 is 0. The normalized spacial score (nSPS) is 18.5. The average Bonchev–Trinajstić information content (AvgIpc) is 2.92. The number of hydrogen-bond donors (Lipinski definition) is 2. The van der Waals surface area contributed by atoms with Gasteiger partial charge in [-0.1, -0.05) is 30.3 Å². The van der Waals surface area contributed by atoms with E-state index in [1.807, 2.05) is 32.3 Å². The first-order valence-electron chi connectivity index (χ1n) is 6.90. The second-order valence-corrected chi connectivity index (χ2v) is 5.38. The van der Waals surface area contributed by atoms with Gasteiger partial charge in [0, 0.05) is 6.54 Å². The molecule has 1 saturated heterocycles. The van der Waals surface area contributed by atoms with Gasteiger partial charge in [-0.15, -0.1) is 24.8 Å². The van der Waals surface area contributed by atoms with Crippen molar-refractivity contribution in [1.82, 2.24) is 15.5 Å². The molecule has 0 aliphatic carbocycles. The Labute approximate surface area is 139 Å². The summed E-state index contributed by atoms with van der Waals surface area (Å²) < 4.78 is 0. The first kappa shape index (κ1) is 20.2. The third-order valence-corrected chi connectivity index (χ3v) is 3.44. The van der Waals surface area contributed by atoms with E-state index in [0.29, 0.717) is 0 Å². The van der Waals surface area contributed by atoms with Crippen LogP contribution in [-0.2, 0) is 4.79 Å². The quantitative estimate of drug-likeness (QED) is 0.866. The Kier molecular flexibility index (Phi) is 9.62. The summed E-state index contributed by atoms with van der Waals surface area (Å²) in [5, 5.41) is 6.40. The minimum Gasteiger partial charge on any atom is -0.347 e. The molecule has 1 amide bonds. The van der Waals surface area contributed by atoms with Gasteiger partial charge in [0.25, 0.3) is 0 Å². The number of nitrogens with zero attached hydrogens (tertiary/aromatic N) is 1. The molecule has 1 aliphatic rings. The van der Waals surface area contributed by atoms with Gasteiger partial charge < -0.3 is 15.5 Å². The number of carbonyl (C=O) groups excluding carboxylic acids is 1. The smallest absolute Gasteiger partial charge is 0.237 e. The van der Waals surface area contributed by atoms with Gasteiger partial charge in [0.15, 0.2) is 0 Å². The second-order valence-electron chi connectivity index (χ2n) is 5.38. The zero-order chi connectivity index (χ0) is 13.7. The number of benzene rings is 1. The van der Waals surface area contributed by atoms with Crippen LogP contribution in [-0.4, -0.2) is 44.0 Å². The zero-order valence-corrected chi connectivity index (χ0v) is 14.2. The Hall–Kier alpha value is -0.810. The Morgan fingerprint density at radius 3 is 2.52 bits per heavy atom. The van der Waals surface area contributed by atoms with E-state index in [1.54, 1.807) is 0 Å². The molecule has 0 spiro atoms. The molecule has 120 valence electrons. The van der Waals surface area contributed by atoms with E-state index in [-0.39, 0.29) is 42.8 Å². The lowest BCUT2D eigenvalue weighted by Gasteiger charge is -2.24. The van der Waals surface area contributed by atoms with Crippen molar-refractivity contribution in [2.75, 3.05) is 27.2 Å². The van der Waals surface area contributed by atoms with Gasteiger partial charge in [-0.05, 0) is 39.0 Å². The van der Waals surface area contributed by atoms with E-state index in [9.17, 15) is 4.79 Å². The maximum atomic E-state index is 12.2. The number of carbonyl (C=O) groups is 1. The van der Waals surface area contributed by atoms with Gasteiger partial charge >= 0.3 is 0 Å². The molecule has 6 heteroatoms. The monoisotopic (exact) mass is 333 g/mol. The van der Waals surface area contributed by atoms with Crippen LogP contribution in [0.4, 0.5) is 0 Å². The Morgan fingerprint density at radius 2 is 2.00 bits per heavy atom. The maximum Gasteiger partial charge on any atom is 0.237 e. The van der Waals surface area contributed by atoms with Crippen LogP contribution >= 0.6 is 24.8 Å². The molecule has 1 aliphatic heterocycles. The van der Waals surface area contributed by atoms with Crippen molar-refractivity contribution in [3.05, 3.63) is 35.9 Å². The summed E-state index contributed by atoms with van der Waals surface area (Å²) in [5.41, 5.74) is 1.16. The molecule has 21 heavy (non-hydrogen) atoms. The van der Waals surface area contributed by atoms with Crippen molar-refractivity contribution >= 4 is 30.7 Å². The van der Waals surface area contributed by atoms with Crippen LogP contribution in [0, 0.1) is 0 Å². The van der Waals surface area contributed by atoms with Crippen LogP contribution in [0.15, 0.2) is 30.3 Å². The molecule has 2 N–H and O–H groups in total. The lowest BCUT2D eigenvalue weighted by Crippen LogP contribution is -2.44. The standard InChI is InChI=1S/C15H23N3O.2ClH/c1-18(2)11-14(12-7-4-3-5-8-12)17-15(19)13-9-6-10-16-13;;/h3-5,7-8,13-14,16H,6,9-11H2,1-2H3,(H,17,19);2*1H. The minimum atomic E-state index is -0.0200. The predicted octanol–water partition coefficient (Wildman–Crippen LogP) is 2.00. The van der Waals surface area contributed by atoms with E-state index in [1.165, 1.54) is 0 Å². The molecule has 0 saturated carbocycles. The molecular formula is C15H25Cl2N3O. The first-order valence-corrected chi connectivity index (χ1v) is 6.90. The highest BCUT2D eigenvalue weighted by atomic mass is 35.5. The largest absolute Gasteiger partial charge is 0.347 e. The molecule has 1 fully saturated rings. The number of halogens is 2. The number of likely N-dealkylation sites (N-methyl/N-ethyl adjacent to an activating group) is 1. The molecule has 0 radical (unpaired) electrons. The number of amides is 1. The fourth-order valence-electron chi connectivity index (χ4n) is 2.47. The molecule has 1 heterocycles. The molecule has 2 atom stereocenters. The van der Waals surface area contributed by atoms with Crippen molar-refractivity contribution in [1.29, 1.82) is 0 Å². The summed E-state index contributed by atoms with van der Waals surface area (Å²) in [6, 6.07) is 10.2. The highest BCUT2D eigenvalue weighted by molar-refractivity contribution is 5.85. The lowest BCUT2D eigenvalue weighted by atomic mass is 10.1. The minimum absolute atomic E-state index is 0. The highest BCUT2D eigenvalue weighted by Gasteiger charge is 2.24. The van der Waals surface area contributed by atoms with Crippen molar-refractivity contribution in [2.24, 2.45) is 0 Å². The van der Waals surface area contributed by atoms with Crippen molar-refractivity contribution in [3.8, 4) is 0 Å². The summed E-state index contributed by atoms with van der Waals surface area (Å²) in [5.74, 6) is 0.119. The van der Waals surface area contributed by atoms with Crippen molar-refractivity contribution in [3.63, 3.8) is 0 Å². The zero-order valence-electron chi connectivity index (χ0n) is 12.5. The second kappa shape index (κ2) is 10.0. The van der Waals surface area contributed by atoms with Crippen LogP contribution in [0.5, 0.6) is 0 Å². The molecule has 0 bridgehead atoms. The molecule has 0 aromatic heterocycles. The number of rotatable bonds is 5. The van der Waals surface area contributed by atoms with Gasteiger partial charge in [-0.2, -0.15) is 0 Å². The van der Waals surface area contributed by atoms with Crippen molar-refractivity contribution < 1.29 is 4.79 Å². The fraction of sp³-hybridized carbons (Fsp3) is 0.533. The SMILES string of the molecule is CN(C)CC(NC(=O)C1CCCN1)c1ccccc1.Cl.Cl. The predicted molar refractivity (Wildman–Crippen MR) is 91.4 cm³/mol. The van der Waals surface area contributed by atoms with Gasteiger partial charge in [-0.25, -0.2) is 0 Å². The van der Waals surface area contributed by atoms with E-state index >= 15 is 0 Å². The summed E-state index contributed by atoms with van der Waals surface area (Å²) in [4.78, 5) is 14.3. The van der Waals surface area contributed by atoms with E-state index in [4.69, 9.17) is 0 Å². The fourth-order valence-corrected chi connectivity index (χ4v) is 2.47. The van der Waals surface area contributed by atoms with E-state index in [2.05, 4.69) is 27.7 Å². The van der Waals surface area contributed by atoms with Crippen LogP contribution in [0.1, 0.15) is 24.4 Å². The molecule has 2 unspecified atom stereocenters. The molecule has 4 nitrogen and oxygen atoms in total. The molecule has 1 aromatic rings. The topological polar surface area (TPSA) is 44.4 Å². The summed E-state index contributed by atoms with van der Waals surface area (Å²) in [7, 11) is 4.05. The average molecular weight is 334 g/mol. The Morgan fingerprint density at radius 1 is 1.33 bits per heavy atom. The van der Waals surface area contributed by atoms with Gasteiger partial charge in [0.2, 0.25) is 5.91 Å². The number of hydrogen-bond acceptors (Lipinski definition) is 3. The van der Waals surface area contributed by atoms with E-state index < -0.39 is 0 Å². The van der Waals surface area contributed by atoms with Gasteiger partial charge in [0.05, 0.1) is 12.1 Å². The van der Waals surface area contributed by atoms with Crippen LogP contribution in [0.25, 0.3) is 0 Å². The van der Waals surface area contributed by atoms with Crippen molar-refractivity contribution in [2.45, 2.75) is 24.9 Å². The van der Waals surface area contributed by atoms with Gasteiger partial charge in [-0.3, -0.25) is 4.79 Å². The maximum absolute atomic E-state index is 12.2. The van der Waals surface area contributed by atoms with Crippen LogP contribution in [0.2, 0.25) is 0 Å². The van der Waals surface area contributed by atoms with Gasteiger partial charge in [0.1, 0.15) is 0 Å². The third-order valence-electron chi connectivity index (χ3n) is 3.44. The Balaban J connectivity index is 0.00000200. The molecular weight excluding hydrogens is 309 g/mol. The van der Waals surface area contributed by atoms with Crippen LogP contribution in [0.3, 0.4) is 0 Å². The highest BCUT2D eigenvalue weighted by Crippen LogP contribution is 2.14. The van der Waals surface area contributed by atoms with E-state index in [0.717, 1.165) is 31.5 Å². The lowest BCUT2D eigenvalue weighted by molar-refractivity contribution is -0.123. The molecule has 2 rings (SSSR count). The Bertz CT molecular complexity index is 409. The number of nitrogens with one attached hydrogen (secondary N) is 2. The summed E-state index contributed by atoms with van der Waals surface area (Å²) in [6.07, 6.45) is 2.02. The van der Waals surface area contributed by atoms with Crippen LogP contribution < -0.4 is 10.6 Å². The summed E-state index contributed by atoms with van der Waals surface area (Å²) in [6.45, 7) is 1.75. The first-order chi connectivity index (χ1) is 9.16.